The van der Waals surface area contributed by atoms with Gasteiger partial charge < -0.3 is 19.5 Å². The van der Waals surface area contributed by atoms with Gasteiger partial charge in [-0.2, -0.15) is 0 Å². The lowest BCUT2D eigenvalue weighted by Crippen LogP contribution is -2.48. The molecule has 7 nitrogen and oxygen atoms in total. The summed E-state index contributed by atoms with van der Waals surface area (Å²) in [5.41, 5.74) is 1.88. The fourth-order valence-electron chi connectivity index (χ4n) is 3.89. The van der Waals surface area contributed by atoms with Gasteiger partial charge in [0.25, 0.3) is 0 Å². The number of nitrogens with zero attached hydrogens (tertiary/aromatic N) is 4. The Labute approximate surface area is 178 Å². The molecule has 2 aliphatic rings. The van der Waals surface area contributed by atoms with Crippen LogP contribution >= 0.6 is 0 Å². The number of β-amino-alcohol motifs (C(OH)–C–C–N with tert-alkyl or cyclic N) is 1. The van der Waals surface area contributed by atoms with Gasteiger partial charge in [0.2, 0.25) is 0 Å². The molecule has 3 heterocycles. The monoisotopic (exact) mass is 412 g/mol. The molecule has 0 amide bonds. The number of aromatic nitrogens is 2. The molecule has 4 rings (SSSR count). The van der Waals surface area contributed by atoms with Crippen molar-refractivity contribution in [2.45, 2.75) is 39.2 Å². The van der Waals surface area contributed by atoms with E-state index in [1.165, 1.54) is 0 Å². The summed E-state index contributed by atoms with van der Waals surface area (Å²) in [6.45, 7) is 11.8. The molecule has 1 aromatic carbocycles. The Kier molecular flexibility index (Phi) is 6.39. The van der Waals surface area contributed by atoms with E-state index in [1.807, 2.05) is 25.1 Å². The van der Waals surface area contributed by atoms with Gasteiger partial charge in [0.1, 0.15) is 11.6 Å². The van der Waals surface area contributed by atoms with Crippen molar-refractivity contribution in [2.24, 2.45) is 0 Å². The van der Waals surface area contributed by atoms with Crippen molar-refractivity contribution in [1.29, 1.82) is 0 Å². The number of anilines is 1. The van der Waals surface area contributed by atoms with Gasteiger partial charge in [-0.05, 0) is 24.6 Å². The Morgan fingerprint density at radius 3 is 2.47 bits per heavy atom. The molecule has 2 aromatic rings. The molecule has 0 bridgehead atoms. The molecule has 1 N–H and O–H groups in total. The minimum absolute atomic E-state index is 0.315. The highest BCUT2D eigenvalue weighted by atomic mass is 16.5. The lowest BCUT2D eigenvalue weighted by Gasteiger charge is -2.36. The van der Waals surface area contributed by atoms with Crippen LogP contribution in [0.1, 0.15) is 49.4 Å². The van der Waals surface area contributed by atoms with Gasteiger partial charge in [-0.3, -0.25) is 4.90 Å². The van der Waals surface area contributed by atoms with E-state index in [-0.39, 0.29) is 0 Å². The second-order valence-electron chi connectivity index (χ2n) is 8.44. The van der Waals surface area contributed by atoms with Crippen LogP contribution in [0.3, 0.4) is 0 Å². The van der Waals surface area contributed by atoms with Gasteiger partial charge in [0.15, 0.2) is 11.5 Å². The van der Waals surface area contributed by atoms with E-state index in [4.69, 9.17) is 14.5 Å². The Morgan fingerprint density at radius 2 is 1.73 bits per heavy atom. The van der Waals surface area contributed by atoms with E-state index in [1.54, 1.807) is 0 Å². The number of aliphatic hydroxyl groups excluding tert-OH is 1. The van der Waals surface area contributed by atoms with E-state index in [0.717, 1.165) is 67.0 Å². The van der Waals surface area contributed by atoms with Crippen LogP contribution in [0.15, 0.2) is 24.3 Å². The maximum atomic E-state index is 10.8. The summed E-state index contributed by atoms with van der Waals surface area (Å²) in [5.74, 6) is 3.72. The van der Waals surface area contributed by atoms with Gasteiger partial charge in [0.05, 0.1) is 19.3 Å². The highest BCUT2D eigenvalue weighted by Crippen LogP contribution is 2.32. The van der Waals surface area contributed by atoms with Gasteiger partial charge in [-0.25, -0.2) is 9.97 Å². The van der Waals surface area contributed by atoms with Crippen molar-refractivity contribution in [1.82, 2.24) is 14.9 Å². The predicted octanol–water partition coefficient (Wildman–Crippen LogP) is 2.93. The fourth-order valence-corrected chi connectivity index (χ4v) is 3.89. The van der Waals surface area contributed by atoms with Gasteiger partial charge in [-0.1, -0.05) is 19.9 Å². The van der Waals surface area contributed by atoms with Gasteiger partial charge in [-0.15, -0.1) is 0 Å². The molecule has 30 heavy (non-hydrogen) atoms. The van der Waals surface area contributed by atoms with E-state index >= 15 is 0 Å². The molecule has 0 aliphatic carbocycles. The summed E-state index contributed by atoms with van der Waals surface area (Å²) in [6.07, 6.45) is 0.323. The van der Waals surface area contributed by atoms with Crippen molar-refractivity contribution in [2.75, 3.05) is 50.8 Å². The molecule has 1 fully saturated rings. The minimum atomic E-state index is -0.553. The van der Waals surface area contributed by atoms with E-state index in [0.29, 0.717) is 25.7 Å². The molecule has 0 saturated carbocycles. The quantitative estimate of drug-likeness (QED) is 0.810. The maximum Gasteiger partial charge on any atom is 0.161 e. The molecular weight excluding hydrogens is 380 g/mol. The third kappa shape index (κ3) is 4.84. The zero-order valence-corrected chi connectivity index (χ0v) is 18.2. The Hall–Kier alpha value is -2.38. The van der Waals surface area contributed by atoms with Crippen molar-refractivity contribution in [3.05, 3.63) is 41.3 Å². The van der Waals surface area contributed by atoms with Crippen LogP contribution in [-0.4, -0.2) is 65.9 Å². The summed E-state index contributed by atoms with van der Waals surface area (Å²) >= 11 is 0. The Bertz CT molecular complexity index is 866. The van der Waals surface area contributed by atoms with Gasteiger partial charge >= 0.3 is 0 Å². The topological polar surface area (TPSA) is 71.0 Å². The number of hydrogen-bond acceptors (Lipinski definition) is 7. The zero-order chi connectivity index (χ0) is 21.1. The molecule has 1 saturated heterocycles. The molecule has 7 heteroatoms. The molecule has 0 unspecified atom stereocenters. The second-order valence-corrected chi connectivity index (χ2v) is 8.44. The normalized spacial score (nSPS) is 18.4. The number of aryl methyl sites for hydroxylation is 1. The summed E-state index contributed by atoms with van der Waals surface area (Å²) < 4.78 is 11.4. The lowest BCUT2D eigenvalue weighted by molar-refractivity contribution is 0.109. The highest BCUT2D eigenvalue weighted by molar-refractivity contribution is 5.44. The number of fused-ring (bicyclic) bond motifs is 1. The van der Waals surface area contributed by atoms with Crippen molar-refractivity contribution < 1.29 is 14.6 Å². The van der Waals surface area contributed by atoms with E-state index in [2.05, 4.69) is 34.7 Å². The minimum Gasteiger partial charge on any atom is -0.490 e. The first-order valence-corrected chi connectivity index (χ1v) is 10.9. The Balaban J connectivity index is 1.35. The first kappa shape index (κ1) is 20.9. The third-order valence-electron chi connectivity index (χ3n) is 5.66. The molecule has 162 valence electrons. The first-order chi connectivity index (χ1) is 14.5. The maximum absolute atomic E-state index is 10.8. The molecular formula is C23H32N4O3. The number of ether oxygens (including phenoxy) is 2. The summed E-state index contributed by atoms with van der Waals surface area (Å²) in [6, 6.07) is 7.82. The predicted molar refractivity (Wildman–Crippen MR) is 117 cm³/mol. The van der Waals surface area contributed by atoms with E-state index in [9.17, 15) is 5.11 Å². The van der Waals surface area contributed by atoms with E-state index < -0.39 is 6.10 Å². The average Bonchev–Trinajstić information content (AvgIpc) is 2.98. The molecule has 1 atom stereocenters. The fraction of sp³-hybridized carbons (Fsp3) is 0.565. The number of rotatable bonds is 5. The van der Waals surface area contributed by atoms with Crippen LogP contribution in [0.2, 0.25) is 0 Å². The summed E-state index contributed by atoms with van der Waals surface area (Å²) in [4.78, 5) is 13.9. The summed E-state index contributed by atoms with van der Waals surface area (Å²) in [7, 11) is 0. The standard InChI is InChI=1S/C23H32N4O3/c1-16(2)23-24-17(3)13-22(25-23)27-9-7-26(8-10-27)15-19(28)18-5-6-20-21(14-18)30-12-4-11-29-20/h5-6,13-14,16,19,28H,4,7-12,15H2,1-3H3/t19-/m0/s1. The number of piperazine rings is 1. The molecule has 0 radical (unpaired) electrons. The van der Waals surface area contributed by atoms with Crippen LogP contribution in [0.25, 0.3) is 0 Å². The smallest absolute Gasteiger partial charge is 0.161 e. The lowest BCUT2D eigenvalue weighted by atomic mass is 10.1. The van der Waals surface area contributed by atoms with Crippen LogP contribution < -0.4 is 14.4 Å². The SMILES string of the molecule is Cc1cc(N2CCN(C[C@H](O)c3ccc4c(c3)OCCCO4)CC2)nc(C(C)C)n1. The molecule has 2 aliphatic heterocycles. The second kappa shape index (κ2) is 9.18. The van der Waals surface area contributed by atoms with Gasteiger partial charge in [0, 0.05) is 56.8 Å². The van der Waals surface area contributed by atoms with Crippen molar-refractivity contribution in [3.63, 3.8) is 0 Å². The highest BCUT2D eigenvalue weighted by Gasteiger charge is 2.22. The average molecular weight is 413 g/mol. The van der Waals surface area contributed by atoms with Crippen molar-refractivity contribution in [3.8, 4) is 11.5 Å². The van der Waals surface area contributed by atoms with Crippen molar-refractivity contribution >= 4 is 5.82 Å². The number of benzene rings is 1. The van der Waals surface area contributed by atoms with Crippen LogP contribution in [0, 0.1) is 6.92 Å². The molecule has 0 spiro atoms. The van der Waals surface area contributed by atoms with Crippen LogP contribution in [0.5, 0.6) is 11.5 Å². The molecule has 1 aromatic heterocycles. The summed E-state index contributed by atoms with van der Waals surface area (Å²) in [5, 5.41) is 10.8. The third-order valence-corrected chi connectivity index (χ3v) is 5.66. The zero-order valence-electron chi connectivity index (χ0n) is 18.2. The number of aliphatic hydroxyl groups is 1. The van der Waals surface area contributed by atoms with Crippen LogP contribution in [0.4, 0.5) is 5.82 Å². The first-order valence-electron chi connectivity index (χ1n) is 10.9. The Morgan fingerprint density at radius 1 is 1.00 bits per heavy atom. The largest absolute Gasteiger partial charge is 0.490 e. The number of hydrogen-bond donors (Lipinski definition) is 1. The van der Waals surface area contributed by atoms with Crippen LogP contribution in [-0.2, 0) is 0 Å².